The van der Waals surface area contributed by atoms with Gasteiger partial charge in [0.25, 0.3) is 0 Å². The molecule has 0 aromatic carbocycles. The van der Waals surface area contributed by atoms with Crippen molar-refractivity contribution in [2.45, 2.75) is 148 Å². The molecule has 0 saturated carbocycles. The van der Waals surface area contributed by atoms with Crippen molar-refractivity contribution in [2.24, 2.45) is 0 Å². The first-order chi connectivity index (χ1) is 30.1. The third-order valence-electron chi connectivity index (χ3n) is 9.41. The number of nitrogens with zero attached hydrogens (tertiary/aromatic N) is 1. The Hall–Kier alpha value is -4.53. The summed E-state index contributed by atoms with van der Waals surface area (Å²) < 4.78 is 17.1. The van der Waals surface area contributed by atoms with E-state index in [1.165, 1.54) is 0 Å². The summed E-state index contributed by atoms with van der Waals surface area (Å²) in [6.45, 7) is 4.30. The highest BCUT2D eigenvalue weighted by molar-refractivity contribution is 5.70. The third kappa shape index (κ3) is 40.9. The smallest absolute Gasteiger partial charge is 0.306 e. The second-order valence-electron chi connectivity index (χ2n) is 16.0. The van der Waals surface area contributed by atoms with Crippen LogP contribution in [0.2, 0.25) is 0 Å². The van der Waals surface area contributed by atoms with Gasteiger partial charge in [-0.3, -0.25) is 9.59 Å². The molecule has 62 heavy (non-hydrogen) atoms. The number of carboxylic acid groups (broad SMARTS) is 1. The Labute approximate surface area is 377 Å². The number of carbonyl (C=O) groups excluding carboxylic acids is 3. The zero-order valence-electron chi connectivity index (χ0n) is 39.2. The lowest BCUT2D eigenvalue weighted by Gasteiger charge is -2.34. The number of quaternary nitrogens is 1. The Morgan fingerprint density at radius 1 is 0.500 bits per heavy atom. The predicted molar refractivity (Wildman–Crippen MR) is 258 cm³/mol. The molecule has 0 rings (SSSR count). The van der Waals surface area contributed by atoms with Crippen LogP contribution in [0.1, 0.15) is 136 Å². The quantitative estimate of drug-likeness (QED) is 0.0199. The number of hydrogen-bond donors (Lipinski definition) is 0. The summed E-state index contributed by atoms with van der Waals surface area (Å²) in [5, 5.41) is 11.6. The van der Waals surface area contributed by atoms with Crippen molar-refractivity contribution >= 4 is 17.9 Å². The topological polar surface area (TPSA) is 102 Å². The van der Waals surface area contributed by atoms with E-state index in [0.717, 1.165) is 89.9 Å². The number of carboxylic acids is 1. The van der Waals surface area contributed by atoms with Gasteiger partial charge in [0.15, 0.2) is 6.10 Å². The van der Waals surface area contributed by atoms with Gasteiger partial charge in [0.2, 0.25) is 0 Å². The Balaban J connectivity index is 4.46. The first kappa shape index (κ1) is 57.5. The van der Waals surface area contributed by atoms with Gasteiger partial charge >= 0.3 is 11.9 Å². The predicted octanol–water partition coefficient (Wildman–Crippen LogP) is 11.9. The van der Waals surface area contributed by atoms with Crippen LogP contribution in [0, 0.1) is 0 Å². The fourth-order valence-corrected chi connectivity index (χ4v) is 5.86. The minimum Gasteiger partial charge on any atom is -0.544 e. The summed E-state index contributed by atoms with van der Waals surface area (Å²) in [7, 11) is 5.37. The van der Waals surface area contributed by atoms with Crippen molar-refractivity contribution < 1.29 is 38.2 Å². The molecule has 0 aliphatic carbocycles. The van der Waals surface area contributed by atoms with Crippen LogP contribution in [0.15, 0.2) is 134 Å². The average molecular weight is 858 g/mol. The second kappa shape index (κ2) is 43.1. The van der Waals surface area contributed by atoms with Crippen molar-refractivity contribution in [3.63, 3.8) is 0 Å². The van der Waals surface area contributed by atoms with Crippen molar-refractivity contribution in [1.82, 2.24) is 0 Å². The van der Waals surface area contributed by atoms with Gasteiger partial charge in [-0.1, -0.05) is 167 Å². The van der Waals surface area contributed by atoms with Gasteiger partial charge in [-0.2, -0.15) is 0 Å². The highest BCUT2D eigenvalue weighted by atomic mass is 16.6. The zero-order valence-corrected chi connectivity index (χ0v) is 39.2. The lowest BCUT2D eigenvalue weighted by Crippen LogP contribution is -2.55. The van der Waals surface area contributed by atoms with Crippen LogP contribution < -0.4 is 5.11 Å². The summed E-state index contributed by atoms with van der Waals surface area (Å²) in [5.41, 5.74) is 0. The molecule has 346 valence electrons. The van der Waals surface area contributed by atoms with Crippen molar-refractivity contribution in [1.29, 1.82) is 0 Å². The average Bonchev–Trinajstić information content (AvgIpc) is 3.23. The van der Waals surface area contributed by atoms with E-state index in [1.807, 2.05) is 48.6 Å². The molecule has 0 N–H and O–H groups in total. The van der Waals surface area contributed by atoms with Crippen LogP contribution in [-0.4, -0.2) is 75.5 Å². The van der Waals surface area contributed by atoms with Crippen molar-refractivity contribution in [2.75, 3.05) is 41.0 Å². The molecule has 0 aliphatic heterocycles. The Bertz CT molecular complexity index is 1470. The Kier molecular flexibility index (Phi) is 40.0. The maximum absolute atomic E-state index is 12.8. The van der Waals surface area contributed by atoms with E-state index in [0.29, 0.717) is 12.8 Å². The van der Waals surface area contributed by atoms with Crippen LogP contribution in [0.5, 0.6) is 0 Å². The number of ether oxygens (including phenoxy) is 3. The molecular formula is C54H83NO7. The molecular weight excluding hydrogens is 775 g/mol. The maximum Gasteiger partial charge on any atom is 0.306 e. The highest BCUT2D eigenvalue weighted by Gasteiger charge is 2.25. The van der Waals surface area contributed by atoms with Crippen LogP contribution in [0.4, 0.5) is 0 Å². The number of carbonyl (C=O) groups is 3. The molecule has 0 amide bonds. The summed E-state index contributed by atoms with van der Waals surface area (Å²) in [6.07, 6.45) is 61.9. The monoisotopic (exact) mass is 858 g/mol. The molecule has 0 aliphatic rings. The van der Waals surface area contributed by atoms with Crippen LogP contribution in [0.3, 0.4) is 0 Å². The van der Waals surface area contributed by atoms with Gasteiger partial charge in [-0.25, -0.2) is 0 Å². The molecule has 0 saturated heterocycles. The Morgan fingerprint density at radius 3 is 1.45 bits per heavy atom. The van der Waals surface area contributed by atoms with Crippen LogP contribution in [-0.2, 0) is 28.6 Å². The van der Waals surface area contributed by atoms with E-state index in [-0.39, 0.29) is 55.5 Å². The zero-order chi connectivity index (χ0) is 45.6. The number of rotatable bonds is 39. The van der Waals surface area contributed by atoms with E-state index >= 15 is 0 Å². The van der Waals surface area contributed by atoms with Crippen LogP contribution >= 0.6 is 0 Å². The van der Waals surface area contributed by atoms with E-state index in [1.54, 1.807) is 21.1 Å². The number of allylic oxidation sites excluding steroid dienone is 22. The fourth-order valence-electron chi connectivity index (χ4n) is 5.86. The maximum atomic E-state index is 12.8. The van der Waals surface area contributed by atoms with E-state index in [4.69, 9.17) is 14.2 Å². The van der Waals surface area contributed by atoms with Gasteiger partial charge in [0.1, 0.15) is 12.6 Å². The lowest BCUT2D eigenvalue weighted by atomic mass is 10.1. The summed E-state index contributed by atoms with van der Waals surface area (Å²) in [4.78, 5) is 36.9. The number of esters is 2. The van der Waals surface area contributed by atoms with Gasteiger partial charge in [-0.15, -0.1) is 0 Å². The van der Waals surface area contributed by atoms with Crippen molar-refractivity contribution in [3.05, 3.63) is 134 Å². The van der Waals surface area contributed by atoms with E-state index in [9.17, 15) is 19.5 Å². The minimum absolute atomic E-state index is 0.00542. The van der Waals surface area contributed by atoms with E-state index < -0.39 is 18.1 Å². The largest absolute Gasteiger partial charge is 0.544 e. The first-order valence-electron chi connectivity index (χ1n) is 23.3. The van der Waals surface area contributed by atoms with Crippen LogP contribution in [0.25, 0.3) is 0 Å². The normalized spacial score (nSPS) is 14.1. The molecule has 0 bridgehead atoms. The number of hydrogen-bond acceptors (Lipinski definition) is 7. The van der Waals surface area contributed by atoms with E-state index in [2.05, 4.69) is 98.9 Å². The summed E-state index contributed by atoms with van der Waals surface area (Å²) >= 11 is 0. The van der Waals surface area contributed by atoms with Gasteiger partial charge in [0.05, 0.1) is 40.3 Å². The molecule has 0 aromatic heterocycles. The third-order valence-corrected chi connectivity index (χ3v) is 9.41. The minimum atomic E-state index is -1.14. The molecule has 2 unspecified atom stereocenters. The number of likely N-dealkylation sites (N-methyl/N-ethyl adjacent to an activating group) is 1. The summed E-state index contributed by atoms with van der Waals surface area (Å²) in [6, 6.07) is -0.747. The summed E-state index contributed by atoms with van der Waals surface area (Å²) in [5.74, 6) is -1.85. The molecule has 0 heterocycles. The lowest BCUT2D eigenvalue weighted by molar-refractivity contribution is -0.889. The molecule has 0 fully saturated rings. The molecule has 0 spiro atoms. The van der Waals surface area contributed by atoms with Gasteiger partial charge in [-0.05, 0) is 83.5 Å². The second-order valence-corrected chi connectivity index (χ2v) is 16.0. The van der Waals surface area contributed by atoms with Gasteiger partial charge in [0, 0.05) is 19.3 Å². The molecule has 8 nitrogen and oxygen atoms in total. The molecule has 2 atom stereocenters. The molecule has 8 heteroatoms. The highest BCUT2D eigenvalue weighted by Crippen LogP contribution is 2.11. The Morgan fingerprint density at radius 2 is 0.935 bits per heavy atom. The number of aliphatic carboxylic acids is 1. The molecule has 0 aromatic rings. The fraction of sp³-hybridized carbons (Fsp3) is 0.537. The molecule has 0 radical (unpaired) electrons. The van der Waals surface area contributed by atoms with Crippen molar-refractivity contribution in [3.8, 4) is 0 Å². The SMILES string of the molecule is CC/C=C/C=C/C=C/C=C/C=C/CCCCCC(=O)OCC(COCCC(C(=O)[O-])[N+](C)(C)C)OC(=O)CCCCCC/C=C/C/C=C/C/C=C/C/C=C/C/C=C/C/C=C/CC. The number of unbranched alkanes of at least 4 members (excludes halogenated alkanes) is 7. The standard InChI is InChI=1S/C54H83NO7/c1-6-8-10-12-14-16-18-20-22-23-24-25-26-27-28-29-31-33-35-37-39-41-43-45-53(57)62-50(48-60-47-46-51(54(58)59)55(3,4)5)49-61-52(56)44-42-40-38-36-34-32-30-21-19-17-15-13-11-9-7-2/h8-11,13-17,19-22,24-25,27-28,30-34,50-51H,6-7,12,18,23,26,29,35-49H2,1-5H3/b10-8+,11-9+,15-13+,16-14+,19-17+,22-20+,25-24+,28-27+,30-21+,33-31+,34-32+. The van der Waals surface area contributed by atoms with Gasteiger partial charge < -0.3 is 28.6 Å². The first-order valence-corrected chi connectivity index (χ1v) is 23.3.